The van der Waals surface area contributed by atoms with E-state index in [0.717, 1.165) is 40.4 Å². The Hall–Kier alpha value is -3.61. The Morgan fingerprint density at radius 2 is 1.91 bits per heavy atom. The van der Waals surface area contributed by atoms with Crippen molar-refractivity contribution < 1.29 is 18.7 Å². The lowest BCUT2D eigenvalue weighted by molar-refractivity contribution is -0.0635. The van der Waals surface area contributed by atoms with Gasteiger partial charge in [0.2, 0.25) is 0 Å². The molecule has 0 saturated carbocycles. The number of imidazole rings is 1. The molecule has 2 unspecified atom stereocenters. The molecular formula is C27H28FN3O3. The zero-order valence-corrected chi connectivity index (χ0v) is 20.0. The maximum atomic E-state index is 13.5. The molecule has 0 spiro atoms. The van der Waals surface area contributed by atoms with Crippen molar-refractivity contribution in [3.8, 4) is 11.4 Å². The Balaban J connectivity index is 1.51. The van der Waals surface area contributed by atoms with Crippen molar-refractivity contribution in [1.29, 1.82) is 0 Å². The Morgan fingerprint density at radius 3 is 2.59 bits per heavy atom. The molecule has 3 heterocycles. The molecular weight excluding hydrogens is 433 g/mol. The molecule has 1 fully saturated rings. The lowest BCUT2D eigenvalue weighted by Crippen LogP contribution is -2.44. The second kappa shape index (κ2) is 8.01. The third-order valence-electron chi connectivity index (χ3n) is 6.57. The van der Waals surface area contributed by atoms with Gasteiger partial charge in [-0.05, 0) is 75.6 Å². The van der Waals surface area contributed by atoms with Gasteiger partial charge in [-0.2, -0.15) is 0 Å². The Labute approximate surface area is 198 Å². The Bertz CT molecular complexity index is 1290. The summed E-state index contributed by atoms with van der Waals surface area (Å²) in [6.07, 6.45) is 6.41. The molecule has 0 amide bonds. The van der Waals surface area contributed by atoms with Gasteiger partial charge in [0.15, 0.2) is 5.60 Å². The van der Waals surface area contributed by atoms with Gasteiger partial charge < -0.3 is 18.9 Å². The van der Waals surface area contributed by atoms with E-state index < -0.39 is 11.2 Å². The fourth-order valence-corrected chi connectivity index (χ4v) is 4.76. The van der Waals surface area contributed by atoms with Crippen molar-refractivity contribution >= 4 is 11.8 Å². The summed E-state index contributed by atoms with van der Waals surface area (Å²) in [6, 6.07) is 12.4. The highest BCUT2D eigenvalue weighted by Crippen LogP contribution is 2.49. The minimum atomic E-state index is -0.704. The molecule has 2 aliphatic heterocycles. The van der Waals surface area contributed by atoms with Crippen LogP contribution in [0.25, 0.3) is 11.8 Å². The summed E-state index contributed by atoms with van der Waals surface area (Å²) in [7, 11) is 1.65. The van der Waals surface area contributed by atoms with Gasteiger partial charge in [0.05, 0.1) is 30.7 Å². The summed E-state index contributed by atoms with van der Waals surface area (Å²) in [5.41, 5.74) is 3.27. The van der Waals surface area contributed by atoms with Gasteiger partial charge in [-0.15, -0.1) is 0 Å². The molecule has 5 rings (SSSR count). The number of fused-ring (bicyclic) bond motifs is 1. The van der Waals surface area contributed by atoms with Gasteiger partial charge in [-0.25, -0.2) is 9.37 Å². The van der Waals surface area contributed by atoms with Crippen LogP contribution in [0.15, 0.2) is 65.9 Å². The number of aryl methyl sites for hydroxylation is 1. The summed E-state index contributed by atoms with van der Waals surface area (Å²) < 4.78 is 27.5. The number of methoxy groups -OCH3 is 1. The van der Waals surface area contributed by atoms with E-state index in [1.807, 2.05) is 48.9 Å². The zero-order chi connectivity index (χ0) is 24.1. The number of allylic oxidation sites excluding steroid dienone is 1. The van der Waals surface area contributed by atoms with E-state index in [4.69, 9.17) is 14.3 Å². The van der Waals surface area contributed by atoms with Crippen molar-refractivity contribution in [2.45, 2.75) is 45.3 Å². The smallest absolute Gasteiger partial charge is 0.168 e. The van der Waals surface area contributed by atoms with Crippen molar-refractivity contribution in [2.24, 2.45) is 11.1 Å². The molecule has 2 aliphatic rings. The monoisotopic (exact) mass is 461 g/mol. The molecule has 7 heteroatoms. The molecule has 1 aromatic heterocycles. The summed E-state index contributed by atoms with van der Waals surface area (Å²) in [4.78, 5) is 10.3. The number of nitrogens with zero attached hydrogens (tertiary/aromatic N) is 3. The predicted octanol–water partition coefficient (Wildman–Crippen LogP) is 5.79. The summed E-state index contributed by atoms with van der Waals surface area (Å²) >= 11 is 0. The second-order valence-electron chi connectivity index (χ2n) is 9.66. The van der Waals surface area contributed by atoms with Crippen LogP contribution < -0.4 is 4.74 Å². The van der Waals surface area contributed by atoms with E-state index >= 15 is 0 Å². The van der Waals surface area contributed by atoms with E-state index in [1.165, 1.54) is 12.1 Å². The second-order valence-corrected chi connectivity index (χ2v) is 9.66. The third kappa shape index (κ3) is 3.85. The van der Waals surface area contributed by atoms with Crippen LogP contribution in [-0.4, -0.2) is 28.0 Å². The molecule has 1 saturated heterocycles. The highest BCUT2D eigenvalue weighted by atomic mass is 19.1. The fraction of sp³-hybridized carbons (Fsp3) is 0.333. The van der Waals surface area contributed by atoms with Gasteiger partial charge in [0, 0.05) is 6.20 Å². The van der Waals surface area contributed by atoms with Crippen LogP contribution in [0.3, 0.4) is 0 Å². The third-order valence-corrected chi connectivity index (χ3v) is 6.57. The highest BCUT2D eigenvalue weighted by Gasteiger charge is 2.53. The van der Waals surface area contributed by atoms with Crippen molar-refractivity contribution in [3.63, 3.8) is 0 Å². The Kier molecular flexibility index (Phi) is 5.23. The molecule has 0 aliphatic carbocycles. The van der Waals surface area contributed by atoms with Crippen LogP contribution in [0.1, 0.15) is 44.0 Å². The largest absolute Gasteiger partial charge is 0.495 e. The van der Waals surface area contributed by atoms with Crippen molar-refractivity contribution in [1.82, 2.24) is 9.55 Å². The summed E-state index contributed by atoms with van der Waals surface area (Å²) in [5, 5.41) is 4.45. The van der Waals surface area contributed by atoms with Gasteiger partial charge in [-0.1, -0.05) is 23.4 Å². The van der Waals surface area contributed by atoms with Crippen LogP contribution in [-0.2, 0) is 15.2 Å². The van der Waals surface area contributed by atoms with Gasteiger partial charge >= 0.3 is 0 Å². The number of benzene rings is 2. The fourth-order valence-electron chi connectivity index (χ4n) is 4.76. The minimum Gasteiger partial charge on any atom is -0.495 e. The molecule has 3 aromatic rings. The first kappa shape index (κ1) is 22.2. The van der Waals surface area contributed by atoms with Gasteiger partial charge in [0.1, 0.15) is 28.6 Å². The van der Waals surface area contributed by atoms with E-state index in [1.54, 1.807) is 25.6 Å². The molecule has 176 valence electrons. The minimum absolute atomic E-state index is 0.0388. The zero-order valence-electron chi connectivity index (χ0n) is 20.0. The van der Waals surface area contributed by atoms with E-state index in [0.29, 0.717) is 5.76 Å². The SMILES string of the molecule is COc1cc(/C=C2\OC(C)(C)CC3C2=NOC3(C)c2ccc(F)cc2)ccc1-n1cnc(C)c1. The molecule has 0 radical (unpaired) electrons. The molecule has 6 nitrogen and oxygen atoms in total. The lowest BCUT2D eigenvalue weighted by atomic mass is 9.73. The number of halogens is 1. The van der Waals surface area contributed by atoms with Gasteiger partial charge in [-0.3, -0.25) is 0 Å². The highest BCUT2D eigenvalue weighted by molar-refractivity contribution is 6.05. The first-order valence-corrected chi connectivity index (χ1v) is 11.3. The normalized spacial score (nSPS) is 24.2. The predicted molar refractivity (Wildman–Crippen MR) is 128 cm³/mol. The van der Waals surface area contributed by atoms with Crippen LogP contribution in [0, 0.1) is 18.7 Å². The number of rotatable bonds is 4. The summed E-state index contributed by atoms with van der Waals surface area (Å²) in [6.45, 7) is 8.08. The molecule has 2 atom stereocenters. The molecule has 0 bridgehead atoms. The lowest BCUT2D eigenvalue weighted by Gasteiger charge is -2.40. The van der Waals surface area contributed by atoms with Crippen LogP contribution >= 0.6 is 0 Å². The number of aromatic nitrogens is 2. The quantitative estimate of drug-likeness (QED) is 0.494. The number of hydrogen-bond donors (Lipinski definition) is 0. The molecule has 2 aromatic carbocycles. The van der Waals surface area contributed by atoms with Crippen LogP contribution in [0.4, 0.5) is 4.39 Å². The first-order valence-electron chi connectivity index (χ1n) is 11.3. The number of ether oxygens (including phenoxy) is 2. The van der Waals surface area contributed by atoms with E-state index in [-0.39, 0.29) is 11.7 Å². The van der Waals surface area contributed by atoms with Crippen molar-refractivity contribution in [3.05, 3.63) is 83.4 Å². The summed E-state index contributed by atoms with van der Waals surface area (Å²) in [5.74, 6) is 1.07. The van der Waals surface area contributed by atoms with Gasteiger partial charge in [0.25, 0.3) is 0 Å². The standard InChI is InChI=1S/C27H28FN3O3/c1-17-15-31(16-29-17)22-11-6-18(12-23(22)32-5)13-24-25-21(14-26(2,3)33-24)27(4,34-30-25)19-7-9-20(28)10-8-19/h6-13,15-16,21H,14H2,1-5H3/b24-13-. The number of hydrogen-bond acceptors (Lipinski definition) is 5. The molecule has 0 N–H and O–H groups in total. The molecule has 34 heavy (non-hydrogen) atoms. The average molecular weight is 462 g/mol. The van der Waals surface area contributed by atoms with E-state index in [2.05, 4.69) is 24.0 Å². The van der Waals surface area contributed by atoms with Crippen LogP contribution in [0.5, 0.6) is 5.75 Å². The van der Waals surface area contributed by atoms with E-state index in [9.17, 15) is 4.39 Å². The van der Waals surface area contributed by atoms with Crippen LogP contribution in [0.2, 0.25) is 0 Å². The maximum Gasteiger partial charge on any atom is 0.168 e. The first-order chi connectivity index (χ1) is 16.2. The average Bonchev–Trinajstić information content (AvgIpc) is 3.37. The maximum absolute atomic E-state index is 13.5. The Morgan fingerprint density at radius 1 is 1.15 bits per heavy atom. The van der Waals surface area contributed by atoms with Crippen molar-refractivity contribution in [2.75, 3.05) is 7.11 Å². The number of oxime groups is 1. The topological polar surface area (TPSA) is 57.9 Å².